The predicted octanol–water partition coefficient (Wildman–Crippen LogP) is 2.81. The van der Waals surface area contributed by atoms with Crippen molar-refractivity contribution >= 4 is 5.82 Å². The summed E-state index contributed by atoms with van der Waals surface area (Å²) < 4.78 is 5.25. The Hall–Kier alpha value is -1.16. The average Bonchev–Trinajstić information content (AvgIpc) is 2.38. The highest BCUT2D eigenvalue weighted by molar-refractivity contribution is 5.32. The number of anilines is 1. The summed E-state index contributed by atoms with van der Waals surface area (Å²) in [6.07, 6.45) is 6.28. The third-order valence-corrected chi connectivity index (χ3v) is 3.52. The molecule has 0 aliphatic heterocycles. The predicted molar refractivity (Wildman–Crippen MR) is 67.7 cm³/mol. The lowest BCUT2D eigenvalue weighted by atomic mass is 9.87. The smallest absolute Gasteiger partial charge is 0.159 e. The Labute approximate surface area is 103 Å². The van der Waals surface area contributed by atoms with E-state index in [1.54, 1.807) is 7.11 Å². The second-order valence-electron chi connectivity index (χ2n) is 4.79. The molecule has 0 spiro atoms. The molecule has 4 nitrogen and oxygen atoms in total. The van der Waals surface area contributed by atoms with E-state index in [1.807, 2.05) is 13.0 Å². The molecule has 0 radical (unpaired) electrons. The number of rotatable bonds is 3. The minimum absolute atomic E-state index is 0.0964. The summed E-state index contributed by atoms with van der Waals surface area (Å²) in [5.74, 6) is 1.81. The Morgan fingerprint density at radius 1 is 1.29 bits per heavy atom. The van der Waals surface area contributed by atoms with E-state index in [1.165, 1.54) is 32.1 Å². The van der Waals surface area contributed by atoms with E-state index in [0.717, 1.165) is 5.69 Å². The molecule has 1 heterocycles. The SMILES string of the molecule is CO[C@H](C)c1nc(N)cc(C2CCCCC2)n1. The van der Waals surface area contributed by atoms with E-state index < -0.39 is 0 Å². The molecule has 4 heteroatoms. The van der Waals surface area contributed by atoms with E-state index in [9.17, 15) is 0 Å². The topological polar surface area (TPSA) is 61.0 Å². The molecule has 1 atom stereocenters. The van der Waals surface area contributed by atoms with Crippen LogP contribution < -0.4 is 5.73 Å². The first-order valence-electron chi connectivity index (χ1n) is 6.38. The third-order valence-electron chi connectivity index (χ3n) is 3.52. The van der Waals surface area contributed by atoms with Crippen molar-refractivity contribution in [1.82, 2.24) is 9.97 Å². The van der Waals surface area contributed by atoms with Crippen molar-refractivity contribution < 1.29 is 4.74 Å². The van der Waals surface area contributed by atoms with Crippen molar-refractivity contribution in [2.75, 3.05) is 12.8 Å². The van der Waals surface area contributed by atoms with E-state index in [4.69, 9.17) is 10.5 Å². The van der Waals surface area contributed by atoms with Gasteiger partial charge in [-0.3, -0.25) is 0 Å². The van der Waals surface area contributed by atoms with Crippen LogP contribution in [-0.2, 0) is 4.74 Å². The molecule has 2 N–H and O–H groups in total. The van der Waals surface area contributed by atoms with Crippen molar-refractivity contribution in [1.29, 1.82) is 0 Å². The number of hydrogen-bond donors (Lipinski definition) is 1. The van der Waals surface area contributed by atoms with Gasteiger partial charge in [0, 0.05) is 24.8 Å². The second kappa shape index (κ2) is 5.45. The standard InChI is InChI=1S/C13H21N3O/c1-9(17-2)13-15-11(8-12(14)16-13)10-6-4-3-5-7-10/h8-10H,3-7H2,1-2H3,(H2,14,15,16)/t9-/m1/s1. The maximum atomic E-state index is 5.85. The second-order valence-corrected chi connectivity index (χ2v) is 4.79. The van der Waals surface area contributed by atoms with Crippen molar-refractivity contribution in [3.8, 4) is 0 Å². The first-order chi connectivity index (χ1) is 8.20. The fraction of sp³-hybridized carbons (Fsp3) is 0.692. The van der Waals surface area contributed by atoms with Crippen LogP contribution in [0.3, 0.4) is 0 Å². The van der Waals surface area contributed by atoms with Gasteiger partial charge in [0.2, 0.25) is 0 Å². The van der Waals surface area contributed by atoms with Crippen LogP contribution in [0.25, 0.3) is 0 Å². The first-order valence-corrected chi connectivity index (χ1v) is 6.38. The Morgan fingerprint density at radius 2 is 2.00 bits per heavy atom. The Balaban J connectivity index is 2.24. The van der Waals surface area contributed by atoms with Crippen molar-refractivity contribution in [3.05, 3.63) is 17.6 Å². The zero-order valence-corrected chi connectivity index (χ0v) is 10.6. The van der Waals surface area contributed by atoms with Gasteiger partial charge in [0.05, 0.1) is 0 Å². The molecule has 2 rings (SSSR count). The van der Waals surface area contributed by atoms with E-state index in [0.29, 0.717) is 17.6 Å². The Morgan fingerprint density at radius 3 is 2.65 bits per heavy atom. The molecule has 94 valence electrons. The van der Waals surface area contributed by atoms with Crippen molar-refractivity contribution in [2.45, 2.75) is 51.0 Å². The molecule has 1 aliphatic rings. The van der Waals surface area contributed by atoms with Crippen LogP contribution in [0.5, 0.6) is 0 Å². The van der Waals surface area contributed by atoms with E-state index in [-0.39, 0.29) is 6.10 Å². The van der Waals surface area contributed by atoms with Gasteiger partial charge in [-0.1, -0.05) is 19.3 Å². The highest BCUT2D eigenvalue weighted by atomic mass is 16.5. The molecule has 17 heavy (non-hydrogen) atoms. The van der Waals surface area contributed by atoms with Gasteiger partial charge in [0.15, 0.2) is 5.82 Å². The zero-order chi connectivity index (χ0) is 12.3. The largest absolute Gasteiger partial charge is 0.384 e. The van der Waals surface area contributed by atoms with Gasteiger partial charge in [-0.15, -0.1) is 0 Å². The van der Waals surface area contributed by atoms with Gasteiger partial charge in [-0.25, -0.2) is 9.97 Å². The lowest BCUT2D eigenvalue weighted by molar-refractivity contribution is 0.112. The number of ether oxygens (including phenoxy) is 1. The minimum atomic E-state index is -0.0964. The summed E-state index contributed by atoms with van der Waals surface area (Å²) in [4.78, 5) is 8.85. The fourth-order valence-electron chi connectivity index (χ4n) is 2.40. The van der Waals surface area contributed by atoms with Crippen molar-refractivity contribution in [3.63, 3.8) is 0 Å². The highest BCUT2D eigenvalue weighted by Crippen LogP contribution is 2.32. The Bertz CT molecular complexity index is 375. The number of nitrogen functional groups attached to an aromatic ring is 1. The van der Waals surface area contributed by atoms with Crippen LogP contribution in [0.2, 0.25) is 0 Å². The van der Waals surface area contributed by atoms with E-state index >= 15 is 0 Å². The van der Waals surface area contributed by atoms with Crippen LogP contribution in [0.1, 0.15) is 62.6 Å². The van der Waals surface area contributed by atoms with Gasteiger partial charge in [-0.2, -0.15) is 0 Å². The van der Waals surface area contributed by atoms with Gasteiger partial charge in [-0.05, 0) is 19.8 Å². The van der Waals surface area contributed by atoms with Crippen LogP contribution in [0.4, 0.5) is 5.82 Å². The molecule has 0 bridgehead atoms. The van der Waals surface area contributed by atoms with Crippen molar-refractivity contribution in [2.24, 2.45) is 0 Å². The number of methoxy groups -OCH3 is 1. The summed E-state index contributed by atoms with van der Waals surface area (Å²) in [5.41, 5.74) is 6.95. The summed E-state index contributed by atoms with van der Waals surface area (Å²) in [7, 11) is 1.66. The molecule has 1 aromatic rings. The molecular formula is C13H21N3O. The molecule has 0 amide bonds. The van der Waals surface area contributed by atoms with Gasteiger partial charge < -0.3 is 10.5 Å². The summed E-state index contributed by atoms with van der Waals surface area (Å²) in [5, 5.41) is 0. The molecule has 0 unspecified atom stereocenters. The van der Waals surface area contributed by atoms with Gasteiger partial charge in [0.25, 0.3) is 0 Å². The fourth-order valence-corrected chi connectivity index (χ4v) is 2.40. The van der Waals surface area contributed by atoms with Crippen LogP contribution in [0, 0.1) is 0 Å². The molecule has 1 aromatic heterocycles. The molecule has 0 aromatic carbocycles. The number of hydrogen-bond acceptors (Lipinski definition) is 4. The monoisotopic (exact) mass is 235 g/mol. The normalized spacial score (nSPS) is 19.2. The first kappa shape index (κ1) is 12.3. The minimum Gasteiger partial charge on any atom is -0.384 e. The molecule has 0 saturated heterocycles. The highest BCUT2D eigenvalue weighted by Gasteiger charge is 2.19. The number of nitrogens with zero attached hydrogens (tertiary/aromatic N) is 2. The lowest BCUT2D eigenvalue weighted by Gasteiger charge is -2.22. The van der Waals surface area contributed by atoms with E-state index in [2.05, 4.69) is 9.97 Å². The quantitative estimate of drug-likeness (QED) is 0.875. The average molecular weight is 235 g/mol. The van der Waals surface area contributed by atoms with Gasteiger partial charge in [0.1, 0.15) is 11.9 Å². The summed E-state index contributed by atoms with van der Waals surface area (Å²) in [6.45, 7) is 1.94. The zero-order valence-electron chi connectivity index (χ0n) is 10.6. The van der Waals surface area contributed by atoms with Crippen LogP contribution in [-0.4, -0.2) is 17.1 Å². The molecular weight excluding hydrogens is 214 g/mol. The Kier molecular flexibility index (Phi) is 3.94. The maximum absolute atomic E-state index is 5.85. The lowest BCUT2D eigenvalue weighted by Crippen LogP contribution is -2.12. The summed E-state index contributed by atoms with van der Waals surface area (Å²) >= 11 is 0. The maximum Gasteiger partial charge on any atom is 0.159 e. The van der Waals surface area contributed by atoms with Crippen LogP contribution >= 0.6 is 0 Å². The molecule has 1 saturated carbocycles. The third kappa shape index (κ3) is 2.94. The van der Waals surface area contributed by atoms with Gasteiger partial charge >= 0.3 is 0 Å². The summed E-state index contributed by atoms with van der Waals surface area (Å²) in [6, 6.07) is 1.92. The number of aromatic nitrogens is 2. The number of nitrogens with two attached hydrogens (primary N) is 1. The molecule has 1 aliphatic carbocycles. The van der Waals surface area contributed by atoms with Crippen LogP contribution in [0.15, 0.2) is 6.07 Å². The molecule has 1 fully saturated rings.